The molecule has 1 saturated heterocycles. The van der Waals surface area contributed by atoms with Crippen molar-refractivity contribution in [2.75, 3.05) is 0 Å². The van der Waals surface area contributed by atoms with Crippen molar-refractivity contribution in [3.05, 3.63) is 46.6 Å². The molecule has 3 rings (SSSR count). The van der Waals surface area contributed by atoms with Crippen LogP contribution in [0.5, 0.6) is 0 Å². The van der Waals surface area contributed by atoms with E-state index in [1.165, 1.54) is 6.08 Å². The number of hydrogen-bond donors (Lipinski definition) is 1. The number of allylic oxidation sites excluding steroid dienone is 2. The molecule has 1 saturated carbocycles. The number of aliphatic hydroxyl groups excluding tert-OH is 1. The minimum absolute atomic E-state index is 0.203. The quantitative estimate of drug-likeness (QED) is 0.307. The van der Waals surface area contributed by atoms with Gasteiger partial charge in [0.1, 0.15) is 18.3 Å². The van der Waals surface area contributed by atoms with E-state index in [1.807, 2.05) is 13.8 Å². The van der Waals surface area contributed by atoms with E-state index < -0.39 is 53.7 Å². The van der Waals surface area contributed by atoms with E-state index in [2.05, 4.69) is 6.58 Å². The van der Waals surface area contributed by atoms with Crippen LogP contribution in [0.15, 0.2) is 46.6 Å². The van der Waals surface area contributed by atoms with Crippen molar-refractivity contribution in [3.8, 4) is 0 Å². The maximum atomic E-state index is 12.7. The van der Waals surface area contributed by atoms with Gasteiger partial charge in [0.25, 0.3) is 0 Å². The van der Waals surface area contributed by atoms with Crippen molar-refractivity contribution >= 4 is 17.9 Å². The third-order valence-corrected chi connectivity index (χ3v) is 6.91. The van der Waals surface area contributed by atoms with E-state index in [0.29, 0.717) is 17.6 Å². The van der Waals surface area contributed by atoms with Crippen LogP contribution in [0, 0.1) is 11.3 Å². The molecule has 0 radical (unpaired) electrons. The van der Waals surface area contributed by atoms with Crippen molar-refractivity contribution in [1.29, 1.82) is 0 Å². The summed E-state index contributed by atoms with van der Waals surface area (Å²) in [5, 5.41) is 11.1. The van der Waals surface area contributed by atoms with Gasteiger partial charge in [-0.15, -0.1) is 0 Å². The number of ether oxygens (including phenoxy) is 3. The monoisotopic (exact) mass is 444 g/mol. The maximum Gasteiger partial charge on any atom is 0.334 e. The molecule has 0 aromatic carbocycles. The van der Waals surface area contributed by atoms with Crippen LogP contribution in [0.3, 0.4) is 0 Å². The fourth-order valence-electron chi connectivity index (χ4n) is 5.03. The first-order chi connectivity index (χ1) is 14.9. The lowest BCUT2D eigenvalue weighted by atomic mass is 9.57. The minimum Gasteiger partial charge on any atom is -0.458 e. The summed E-state index contributed by atoms with van der Waals surface area (Å²) in [5.74, 6) is -2.11. The first-order valence-corrected chi connectivity index (χ1v) is 10.9. The van der Waals surface area contributed by atoms with Gasteiger partial charge in [-0.2, -0.15) is 0 Å². The lowest BCUT2D eigenvalue weighted by molar-refractivity contribution is -0.157. The molecule has 2 aliphatic carbocycles. The highest BCUT2D eigenvalue weighted by Gasteiger charge is 2.60. The number of hydrogen-bond acceptors (Lipinski definition) is 7. The van der Waals surface area contributed by atoms with E-state index in [4.69, 9.17) is 14.2 Å². The molecule has 2 fully saturated rings. The lowest BCUT2D eigenvalue weighted by Crippen LogP contribution is -2.55. The fraction of sp³-hybridized carbons (Fsp3) is 0.560. The summed E-state index contributed by atoms with van der Waals surface area (Å²) >= 11 is 0. The van der Waals surface area contributed by atoms with Crippen molar-refractivity contribution in [1.82, 2.24) is 0 Å². The van der Waals surface area contributed by atoms with Crippen LogP contribution in [0.1, 0.15) is 54.4 Å². The van der Waals surface area contributed by atoms with Crippen molar-refractivity contribution in [3.63, 3.8) is 0 Å². The number of esters is 3. The molecule has 7 heteroatoms. The second-order valence-electron chi connectivity index (χ2n) is 9.41. The highest BCUT2D eigenvalue weighted by molar-refractivity contribution is 5.92. The Hall–Kier alpha value is -2.67. The van der Waals surface area contributed by atoms with E-state index in [9.17, 15) is 19.5 Å². The Labute approximate surface area is 188 Å². The standard InChI is InChI=1S/C25H32O7/c1-8-13(4)23(28)32-22-20-15(6)24(29)31-17(20)11-25(7)18(26)10-16(14(5)21(22)25)30-19(27)9-12(2)3/h8-9,16-18,20,22,26H,6,10-11H2,1-5,7H3. The third-order valence-electron chi connectivity index (χ3n) is 6.91. The van der Waals surface area contributed by atoms with Gasteiger partial charge in [0.15, 0.2) is 0 Å². The van der Waals surface area contributed by atoms with E-state index in [1.54, 1.807) is 33.8 Å². The van der Waals surface area contributed by atoms with Gasteiger partial charge in [0.2, 0.25) is 0 Å². The SMILES string of the molecule is C=C1C(=O)OC2CC3(C)C(=C(C)C(OC(=O)C=C(C)C)CC3O)C(OC(=O)C(C)=CC)C12. The summed E-state index contributed by atoms with van der Waals surface area (Å²) in [6.07, 6.45) is 0.628. The Morgan fingerprint density at radius 1 is 1.25 bits per heavy atom. The van der Waals surface area contributed by atoms with E-state index >= 15 is 0 Å². The molecule has 0 amide bonds. The van der Waals surface area contributed by atoms with Gasteiger partial charge >= 0.3 is 17.9 Å². The Balaban J connectivity index is 2.10. The van der Waals surface area contributed by atoms with Crippen LogP contribution < -0.4 is 0 Å². The van der Waals surface area contributed by atoms with Crippen LogP contribution >= 0.6 is 0 Å². The van der Waals surface area contributed by atoms with Crippen LogP contribution in [-0.2, 0) is 28.6 Å². The summed E-state index contributed by atoms with van der Waals surface area (Å²) in [6, 6.07) is 0. The average molecular weight is 445 g/mol. The summed E-state index contributed by atoms with van der Waals surface area (Å²) < 4.78 is 17.1. The van der Waals surface area contributed by atoms with Gasteiger partial charge in [-0.25, -0.2) is 14.4 Å². The Morgan fingerprint density at radius 3 is 2.50 bits per heavy atom. The molecule has 7 nitrogen and oxygen atoms in total. The third kappa shape index (κ3) is 4.06. The lowest BCUT2D eigenvalue weighted by Gasteiger charge is -2.52. The number of fused-ring (bicyclic) bond motifs is 2. The number of carbonyl (C=O) groups is 3. The maximum absolute atomic E-state index is 12.7. The fourth-order valence-corrected chi connectivity index (χ4v) is 5.03. The van der Waals surface area contributed by atoms with Crippen LogP contribution in [-0.4, -0.2) is 47.4 Å². The molecule has 6 unspecified atom stereocenters. The molecule has 174 valence electrons. The second-order valence-corrected chi connectivity index (χ2v) is 9.41. The van der Waals surface area contributed by atoms with E-state index in [-0.39, 0.29) is 12.0 Å². The summed E-state index contributed by atoms with van der Waals surface area (Å²) in [6.45, 7) is 14.6. The second kappa shape index (κ2) is 8.70. The number of carbonyl (C=O) groups excluding carboxylic acids is 3. The predicted molar refractivity (Wildman–Crippen MR) is 117 cm³/mol. The molecule has 0 spiro atoms. The van der Waals surface area contributed by atoms with Crippen molar-refractivity contribution < 1.29 is 33.7 Å². The summed E-state index contributed by atoms with van der Waals surface area (Å²) in [7, 11) is 0. The zero-order valence-corrected chi connectivity index (χ0v) is 19.6. The molecular weight excluding hydrogens is 412 g/mol. The Kier molecular flexibility index (Phi) is 6.52. The molecule has 32 heavy (non-hydrogen) atoms. The van der Waals surface area contributed by atoms with Gasteiger partial charge in [0, 0.05) is 29.1 Å². The largest absolute Gasteiger partial charge is 0.458 e. The van der Waals surface area contributed by atoms with Gasteiger partial charge in [-0.1, -0.05) is 25.2 Å². The van der Waals surface area contributed by atoms with Crippen molar-refractivity contribution in [2.24, 2.45) is 11.3 Å². The van der Waals surface area contributed by atoms with Gasteiger partial charge in [0.05, 0.1) is 12.0 Å². The highest BCUT2D eigenvalue weighted by Crippen LogP contribution is 2.56. The molecule has 0 bridgehead atoms. The Morgan fingerprint density at radius 2 is 1.91 bits per heavy atom. The zero-order chi connectivity index (χ0) is 24.0. The first-order valence-electron chi connectivity index (χ1n) is 10.9. The molecule has 1 aliphatic heterocycles. The first kappa shape index (κ1) is 24.0. The molecule has 1 N–H and O–H groups in total. The average Bonchev–Trinajstić information content (AvgIpc) is 2.97. The Bertz CT molecular complexity index is 949. The number of rotatable bonds is 4. The van der Waals surface area contributed by atoms with Gasteiger partial charge in [-0.3, -0.25) is 0 Å². The van der Waals surface area contributed by atoms with E-state index in [0.717, 1.165) is 11.1 Å². The molecule has 0 aromatic heterocycles. The van der Waals surface area contributed by atoms with Gasteiger partial charge < -0.3 is 19.3 Å². The minimum atomic E-state index is -0.886. The van der Waals surface area contributed by atoms with Gasteiger partial charge in [-0.05, 0) is 52.2 Å². The van der Waals surface area contributed by atoms with Crippen LogP contribution in [0.25, 0.3) is 0 Å². The predicted octanol–water partition coefficient (Wildman–Crippen LogP) is 3.33. The molecule has 1 heterocycles. The number of aliphatic hydroxyl groups is 1. The zero-order valence-electron chi connectivity index (χ0n) is 19.6. The van der Waals surface area contributed by atoms with Crippen molar-refractivity contribution in [2.45, 2.75) is 78.8 Å². The highest BCUT2D eigenvalue weighted by atomic mass is 16.6. The molecule has 3 aliphatic rings. The van der Waals surface area contributed by atoms with Crippen LogP contribution in [0.2, 0.25) is 0 Å². The normalized spacial score (nSPS) is 34.3. The summed E-state index contributed by atoms with van der Waals surface area (Å²) in [5.41, 5.74) is 2.04. The molecule has 0 aromatic rings. The smallest absolute Gasteiger partial charge is 0.334 e. The summed E-state index contributed by atoms with van der Waals surface area (Å²) in [4.78, 5) is 37.4. The van der Waals surface area contributed by atoms with Crippen LogP contribution in [0.4, 0.5) is 0 Å². The molecular formula is C25H32O7. The molecule has 6 atom stereocenters. The topological polar surface area (TPSA) is 99.1 Å².